The average molecular weight is 402 g/mol. The van der Waals surface area contributed by atoms with Crippen LogP contribution in [-0.4, -0.2) is 48.1 Å². The second-order valence-electron chi connectivity index (χ2n) is 7.49. The van der Waals surface area contributed by atoms with Crippen molar-refractivity contribution in [1.82, 2.24) is 9.80 Å². The number of carbonyl (C=O) groups excluding carboxylic acids is 1. The summed E-state index contributed by atoms with van der Waals surface area (Å²) in [6, 6.07) is 13.8. The molecule has 0 spiro atoms. The summed E-state index contributed by atoms with van der Waals surface area (Å²) in [4.78, 5) is 16.7. The van der Waals surface area contributed by atoms with Gasteiger partial charge in [-0.25, -0.2) is 4.79 Å². The van der Waals surface area contributed by atoms with Crippen molar-refractivity contribution in [3.05, 3.63) is 58.6 Å². The number of anilines is 1. The summed E-state index contributed by atoms with van der Waals surface area (Å²) in [6.45, 7) is 9.99. The zero-order valence-electron chi connectivity index (χ0n) is 16.7. The molecular formula is C22H28ClN3O2. The summed E-state index contributed by atoms with van der Waals surface area (Å²) in [5, 5.41) is 3.48. The summed E-state index contributed by atoms with van der Waals surface area (Å²) < 4.78 is 5.69. The second-order valence-corrected chi connectivity index (χ2v) is 7.89. The molecule has 1 fully saturated rings. The molecule has 0 unspecified atom stereocenters. The predicted octanol–water partition coefficient (Wildman–Crippen LogP) is 4.79. The summed E-state index contributed by atoms with van der Waals surface area (Å²) in [5.41, 5.74) is 2.98. The Labute approximate surface area is 172 Å². The molecule has 0 aromatic heterocycles. The number of benzene rings is 2. The van der Waals surface area contributed by atoms with Crippen LogP contribution in [-0.2, 0) is 6.54 Å². The number of halogens is 1. The third-order valence-corrected chi connectivity index (χ3v) is 5.04. The fourth-order valence-electron chi connectivity index (χ4n) is 3.23. The molecule has 0 saturated carbocycles. The van der Waals surface area contributed by atoms with Gasteiger partial charge in [-0.3, -0.25) is 4.90 Å². The van der Waals surface area contributed by atoms with Gasteiger partial charge in [0.2, 0.25) is 0 Å². The van der Waals surface area contributed by atoms with Gasteiger partial charge in [-0.2, -0.15) is 0 Å². The first-order chi connectivity index (χ1) is 13.4. The van der Waals surface area contributed by atoms with Crippen LogP contribution in [0.4, 0.5) is 10.5 Å². The number of aryl methyl sites for hydroxylation is 1. The highest BCUT2D eigenvalue weighted by Crippen LogP contribution is 2.23. The molecule has 2 aromatic rings. The Balaban J connectivity index is 1.48. The lowest BCUT2D eigenvalue weighted by atomic mass is 10.2. The van der Waals surface area contributed by atoms with E-state index in [1.165, 1.54) is 5.56 Å². The standard InChI is InChI=1S/C22H28ClN3O2/c1-16(2)28-19-7-5-18(6-8-19)15-25-10-12-26(13-11-25)22(27)24-21-9-4-17(3)14-20(21)23/h4-9,14,16H,10-13,15H2,1-3H3,(H,24,27). The third-order valence-electron chi connectivity index (χ3n) is 4.73. The van der Waals surface area contributed by atoms with Crippen molar-refractivity contribution in [3.8, 4) is 5.75 Å². The van der Waals surface area contributed by atoms with Crippen LogP contribution in [0.25, 0.3) is 0 Å². The summed E-state index contributed by atoms with van der Waals surface area (Å²) >= 11 is 6.21. The Morgan fingerprint density at radius 3 is 2.39 bits per heavy atom. The number of hydrogen-bond donors (Lipinski definition) is 1. The molecule has 6 heteroatoms. The number of amides is 2. The number of nitrogens with one attached hydrogen (secondary N) is 1. The van der Waals surface area contributed by atoms with Gasteiger partial charge in [-0.1, -0.05) is 29.8 Å². The van der Waals surface area contributed by atoms with Crippen LogP contribution in [0.1, 0.15) is 25.0 Å². The van der Waals surface area contributed by atoms with E-state index in [1.54, 1.807) is 0 Å². The van der Waals surface area contributed by atoms with Crippen LogP contribution in [0.15, 0.2) is 42.5 Å². The molecule has 28 heavy (non-hydrogen) atoms. The van der Waals surface area contributed by atoms with Gasteiger partial charge in [0.15, 0.2) is 0 Å². The van der Waals surface area contributed by atoms with Crippen LogP contribution in [0.5, 0.6) is 5.75 Å². The van der Waals surface area contributed by atoms with E-state index in [0.29, 0.717) is 23.8 Å². The fraction of sp³-hybridized carbons (Fsp3) is 0.409. The lowest BCUT2D eigenvalue weighted by Gasteiger charge is -2.34. The number of hydrogen-bond acceptors (Lipinski definition) is 3. The van der Waals surface area contributed by atoms with E-state index in [0.717, 1.165) is 30.9 Å². The quantitative estimate of drug-likeness (QED) is 0.783. The number of nitrogens with zero attached hydrogens (tertiary/aromatic N) is 2. The van der Waals surface area contributed by atoms with Gasteiger partial charge in [-0.05, 0) is 56.2 Å². The van der Waals surface area contributed by atoms with Gasteiger partial charge in [0, 0.05) is 32.7 Å². The van der Waals surface area contributed by atoms with Crippen LogP contribution in [0.3, 0.4) is 0 Å². The lowest BCUT2D eigenvalue weighted by Crippen LogP contribution is -2.49. The number of ether oxygens (including phenoxy) is 1. The number of rotatable bonds is 5. The minimum absolute atomic E-state index is 0.0967. The Kier molecular flexibility index (Phi) is 6.81. The maximum absolute atomic E-state index is 12.5. The van der Waals surface area contributed by atoms with Crippen molar-refractivity contribution >= 4 is 23.3 Å². The molecule has 3 rings (SSSR count). The van der Waals surface area contributed by atoms with Gasteiger partial charge < -0.3 is 15.0 Å². The minimum Gasteiger partial charge on any atom is -0.491 e. The highest BCUT2D eigenvalue weighted by atomic mass is 35.5. The average Bonchev–Trinajstić information content (AvgIpc) is 2.66. The highest BCUT2D eigenvalue weighted by molar-refractivity contribution is 6.33. The normalized spacial score (nSPS) is 15.0. The van der Waals surface area contributed by atoms with E-state index in [9.17, 15) is 4.79 Å². The van der Waals surface area contributed by atoms with Gasteiger partial charge in [-0.15, -0.1) is 0 Å². The fourth-order valence-corrected chi connectivity index (χ4v) is 3.51. The Hall–Kier alpha value is -2.24. The molecule has 0 radical (unpaired) electrons. The number of urea groups is 1. The lowest BCUT2D eigenvalue weighted by molar-refractivity contribution is 0.143. The van der Waals surface area contributed by atoms with Crippen molar-refractivity contribution in [1.29, 1.82) is 0 Å². The molecule has 1 aliphatic rings. The van der Waals surface area contributed by atoms with Crippen LogP contribution in [0, 0.1) is 6.92 Å². The largest absolute Gasteiger partial charge is 0.491 e. The molecular weight excluding hydrogens is 374 g/mol. The molecule has 1 heterocycles. The first-order valence-electron chi connectivity index (χ1n) is 9.71. The van der Waals surface area contributed by atoms with Crippen molar-refractivity contribution in [2.24, 2.45) is 0 Å². The minimum atomic E-state index is -0.0967. The zero-order chi connectivity index (χ0) is 20.1. The summed E-state index contributed by atoms with van der Waals surface area (Å²) in [7, 11) is 0. The van der Waals surface area contributed by atoms with Crippen LogP contribution in [0.2, 0.25) is 5.02 Å². The summed E-state index contributed by atoms with van der Waals surface area (Å²) in [5.74, 6) is 0.898. The number of carbonyl (C=O) groups is 1. The first-order valence-corrected chi connectivity index (χ1v) is 10.1. The molecule has 1 aliphatic heterocycles. The highest BCUT2D eigenvalue weighted by Gasteiger charge is 2.21. The van der Waals surface area contributed by atoms with Crippen molar-refractivity contribution in [3.63, 3.8) is 0 Å². The molecule has 0 atom stereocenters. The van der Waals surface area contributed by atoms with E-state index < -0.39 is 0 Å². The topological polar surface area (TPSA) is 44.8 Å². The van der Waals surface area contributed by atoms with Crippen LogP contribution < -0.4 is 10.1 Å². The molecule has 2 aromatic carbocycles. The zero-order valence-corrected chi connectivity index (χ0v) is 17.5. The molecule has 2 amide bonds. The molecule has 1 saturated heterocycles. The van der Waals surface area contributed by atoms with Gasteiger partial charge in [0.25, 0.3) is 0 Å². The van der Waals surface area contributed by atoms with E-state index in [-0.39, 0.29) is 12.1 Å². The molecule has 5 nitrogen and oxygen atoms in total. The maximum atomic E-state index is 12.5. The smallest absolute Gasteiger partial charge is 0.321 e. The first kappa shape index (κ1) is 20.5. The second kappa shape index (κ2) is 9.30. The SMILES string of the molecule is Cc1ccc(NC(=O)N2CCN(Cc3ccc(OC(C)C)cc3)CC2)c(Cl)c1. The number of piperazine rings is 1. The maximum Gasteiger partial charge on any atom is 0.321 e. The molecule has 150 valence electrons. The Morgan fingerprint density at radius 2 is 1.79 bits per heavy atom. The van der Waals surface area contributed by atoms with E-state index in [2.05, 4.69) is 22.3 Å². The van der Waals surface area contributed by atoms with Crippen LogP contribution >= 0.6 is 11.6 Å². The molecule has 1 N–H and O–H groups in total. The summed E-state index contributed by atoms with van der Waals surface area (Å²) in [6.07, 6.45) is 0.180. The van der Waals surface area contributed by atoms with E-state index in [1.807, 2.05) is 56.0 Å². The van der Waals surface area contributed by atoms with Gasteiger partial charge >= 0.3 is 6.03 Å². The van der Waals surface area contributed by atoms with Gasteiger partial charge in [0.1, 0.15) is 5.75 Å². The van der Waals surface area contributed by atoms with Crippen molar-refractivity contribution < 1.29 is 9.53 Å². The predicted molar refractivity (Wildman–Crippen MR) is 114 cm³/mol. The third kappa shape index (κ3) is 5.63. The Morgan fingerprint density at radius 1 is 1.11 bits per heavy atom. The Bertz CT molecular complexity index is 800. The van der Waals surface area contributed by atoms with Crippen molar-refractivity contribution in [2.45, 2.75) is 33.4 Å². The molecule has 0 aliphatic carbocycles. The monoisotopic (exact) mass is 401 g/mol. The molecule has 0 bridgehead atoms. The van der Waals surface area contributed by atoms with Crippen molar-refractivity contribution in [2.75, 3.05) is 31.5 Å². The van der Waals surface area contributed by atoms with E-state index in [4.69, 9.17) is 16.3 Å². The van der Waals surface area contributed by atoms with Gasteiger partial charge in [0.05, 0.1) is 16.8 Å². The van der Waals surface area contributed by atoms with E-state index >= 15 is 0 Å².